The molecule has 5 nitrogen and oxygen atoms in total. The van der Waals surface area contributed by atoms with Crippen molar-refractivity contribution in [3.05, 3.63) is 48.0 Å². The van der Waals surface area contributed by atoms with E-state index in [9.17, 15) is 4.79 Å². The fourth-order valence-corrected chi connectivity index (χ4v) is 2.58. The Kier molecular flexibility index (Phi) is 4.37. The largest absolute Gasteiger partial charge is 0.497 e. The molecule has 0 aliphatic carbocycles. The number of methoxy groups -OCH3 is 2. The van der Waals surface area contributed by atoms with Crippen LogP contribution >= 0.6 is 0 Å². The monoisotopic (exact) mass is 313 g/mol. The Morgan fingerprint density at radius 1 is 1.09 bits per heavy atom. The van der Waals surface area contributed by atoms with Crippen molar-refractivity contribution in [2.45, 2.75) is 6.42 Å². The van der Waals surface area contributed by atoms with Crippen LogP contribution in [0.1, 0.15) is 5.56 Å². The number of nitrogens with one attached hydrogen (secondary N) is 1. The quantitative estimate of drug-likeness (QED) is 0.943. The summed E-state index contributed by atoms with van der Waals surface area (Å²) in [7, 11) is 3.23. The van der Waals surface area contributed by atoms with Gasteiger partial charge in [0, 0.05) is 5.69 Å². The molecule has 2 aromatic carbocycles. The van der Waals surface area contributed by atoms with Crippen LogP contribution in [0.15, 0.2) is 42.5 Å². The molecule has 0 bridgehead atoms. The van der Waals surface area contributed by atoms with E-state index in [1.807, 2.05) is 42.5 Å². The van der Waals surface area contributed by atoms with Crippen molar-refractivity contribution in [3.63, 3.8) is 0 Å². The molecule has 1 N–H and O–H groups in total. The predicted octanol–water partition coefficient (Wildman–Crippen LogP) is 2.89. The van der Waals surface area contributed by atoms with Gasteiger partial charge in [0.2, 0.25) is 5.91 Å². The van der Waals surface area contributed by atoms with Crippen molar-refractivity contribution in [3.8, 4) is 17.2 Å². The van der Waals surface area contributed by atoms with Crippen LogP contribution in [0.4, 0.5) is 5.69 Å². The zero-order chi connectivity index (χ0) is 16.2. The van der Waals surface area contributed by atoms with Gasteiger partial charge in [-0.1, -0.05) is 0 Å². The van der Waals surface area contributed by atoms with E-state index in [-0.39, 0.29) is 11.8 Å². The molecule has 0 spiro atoms. The Balaban J connectivity index is 1.68. The number of hydrogen-bond donors (Lipinski definition) is 1. The first-order valence-electron chi connectivity index (χ1n) is 7.44. The minimum absolute atomic E-state index is 0.0522. The van der Waals surface area contributed by atoms with Gasteiger partial charge < -0.3 is 19.5 Å². The number of anilines is 1. The molecule has 0 fully saturated rings. The number of amides is 1. The Bertz CT molecular complexity index is 697. The Morgan fingerprint density at radius 3 is 2.48 bits per heavy atom. The first-order valence-corrected chi connectivity index (χ1v) is 7.44. The zero-order valence-electron chi connectivity index (χ0n) is 13.2. The van der Waals surface area contributed by atoms with E-state index in [0.717, 1.165) is 28.5 Å². The number of benzene rings is 2. The Hall–Kier alpha value is -2.69. The van der Waals surface area contributed by atoms with Gasteiger partial charge in [-0.15, -0.1) is 0 Å². The minimum Gasteiger partial charge on any atom is -0.497 e. The van der Waals surface area contributed by atoms with E-state index < -0.39 is 0 Å². The van der Waals surface area contributed by atoms with Crippen molar-refractivity contribution in [1.29, 1.82) is 0 Å². The zero-order valence-corrected chi connectivity index (χ0v) is 13.2. The van der Waals surface area contributed by atoms with Crippen molar-refractivity contribution in [2.24, 2.45) is 5.92 Å². The standard InChI is InChI=1S/C18H19NO4/c1-21-15-5-3-14(4-6-15)19-18(20)13-9-12-10-16(22-2)7-8-17(12)23-11-13/h3-8,10,13H,9,11H2,1-2H3,(H,19,20). The molecule has 1 unspecified atom stereocenters. The third-order valence-corrected chi connectivity index (χ3v) is 3.90. The first-order chi connectivity index (χ1) is 11.2. The van der Waals surface area contributed by atoms with E-state index in [1.165, 1.54) is 0 Å². The molecule has 0 saturated heterocycles. The molecule has 2 aromatic rings. The maximum Gasteiger partial charge on any atom is 0.231 e. The van der Waals surface area contributed by atoms with Gasteiger partial charge in [-0.25, -0.2) is 0 Å². The van der Waals surface area contributed by atoms with Crippen LogP contribution in [0.2, 0.25) is 0 Å². The molecule has 5 heteroatoms. The highest BCUT2D eigenvalue weighted by atomic mass is 16.5. The lowest BCUT2D eigenvalue weighted by Crippen LogP contribution is -2.32. The Labute approximate surface area is 135 Å². The molecule has 1 aliphatic heterocycles. The van der Waals surface area contributed by atoms with E-state index in [1.54, 1.807) is 14.2 Å². The second-order valence-corrected chi connectivity index (χ2v) is 5.40. The smallest absolute Gasteiger partial charge is 0.231 e. The predicted molar refractivity (Wildman–Crippen MR) is 87.3 cm³/mol. The molecular weight excluding hydrogens is 294 g/mol. The summed E-state index contributed by atoms with van der Waals surface area (Å²) in [6.45, 7) is 0.376. The number of rotatable bonds is 4. The molecular formula is C18H19NO4. The van der Waals surface area contributed by atoms with E-state index in [4.69, 9.17) is 14.2 Å². The van der Waals surface area contributed by atoms with Crippen molar-refractivity contribution in [2.75, 3.05) is 26.1 Å². The maximum absolute atomic E-state index is 12.4. The van der Waals surface area contributed by atoms with Gasteiger partial charge in [0.05, 0.1) is 20.1 Å². The summed E-state index contributed by atoms with van der Waals surface area (Å²) in [5.74, 6) is 2.06. The molecule has 0 aromatic heterocycles. The van der Waals surface area contributed by atoms with Crippen molar-refractivity contribution in [1.82, 2.24) is 0 Å². The number of carbonyl (C=O) groups excluding carboxylic acids is 1. The average molecular weight is 313 g/mol. The summed E-state index contributed by atoms with van der Waals surface area (Å²) in [4.78, 5) is 12.4. The third-order valence-electron chi connectivity index (χ3n) is 3.90. The molecule has 23 heavy (non-hydrogen) atoms. The SMILES string of the molecule is COc1ccc(NC(=O)C2COc3ccc(OC)cc3C2)cc1. The van der Waals surface area contributed by atoms with Crippen LogP contribution < -0.4 is 19.5 Å². The fourth-order valence-electron chi connectivity index (χ4n) is 2.58. The van der Waals surface area contributed by atoms with Gasteiger partial charge in [-0.05, 0) is 54.4 Å². The maximum atomic E-state index is 12.4. The number of hydrogen-bond acceptors (Lipinski definition) is 4. The highest BCUT2D eigenvalue weighted by Gasteiger charge is 2.26. The molecule has 0 radical (unpaired) electrons. The average Bonchev–Trinajstić information content (AvgIpc) is 2.61. The summed E-state index contributed by atoms with van der Waals surface area (Å²) < 4.78 is 16.0. The minimum atomic E-state index is -0.225. The van der Waals surface area contributed by atoms with Gasteiger partial charge in [-0.2, -0.15) is 0 Å². The van der Waals surface area contributed by atoms with Gasteiger partial charge in [0.15, 0.2) is 0 Å². The van der Waals surface area contributed by atoms with Gasteiger partial charge in [0.1, 0.15) is 23.9 Å². The highest BCUT2D eigenvalue weighted by molar-refractivity contribution is 5.93. The second kappa shape index (κ2) is 6.60. The van der Waals surface area contributed by atoms with Crippen LogP contribution in [0.5, 0.6) is 17.2 Å². The summed E-state index contributed by atoms with van der Waals surface area (Å²) in [6, 6.07) is 12.9. The molecule has 1 amide bonds. The second-order valence-electron chi connectivity index (χ2n) is 5.40. The number of fused-ring (bicyclic) bond motifs is 1. The normalized spacial score (nSPS) is 16.0. The molecule has 1 heterocycles. The fraction of sp³-hybridized carbons (Fsp3) is 0.278. The lowest BCUT2D eigenvalue weighted by atomic mass is 9.95. The van der Waals surface area contributed by atoms with Crippen molar-refractivity contribution >= 4 is 11.6 Å². The highest BCUT2D eigenvalue weighted by Crippen LogP contribution is 2.31. The summed E-state index contributed by atoms with van der Waals surface area (Å²) >= 11 is 0. The summed E-state index contributed by atoms with van der Waals surface area (Å²) in [5.41, 5.74) is 1.73. The lowest BCUT2D eigenvalue weighted by Gasteiger charge is -2.25. The molecule has 1 atom stereocenters. The van der Waals surface area contributed by atoms with Crippen LogP contribution in [-0.4, -0.2) is 26.7 Å². The molecule has 120 valence electrons. The summed E-state index contributed by atoms with van der Waals surface area (Å²) in [6.07, 6.45) is 0.633. The van der Waals surface area contributed by atoms with Crippen LogP contribution in [0.25, 0.3) is 0 Å². The van der Waals surface area contributed by atoms with E-state index in [0.29, 0.717) is 13.0 Å². The van der Waals surface area contributed by atoms with E-state index >= 15 is 0 Å². The Morgan fingerprint density at radius 2 is 1.78 bits per heavy atom. The summed E-state index contributed by atoms with van der Waals surface area (Å²) in [5, 5.41) is 2.92. The van der Waals surface area contributed by atoms with Crippen molar-refractivity contribution < 1.29 is 19.0 Å². The molecule has 0 saturated carbocycles. The number of ether oxygens (including phenoxy) is 3. The number of carbonyl (C=O) groups is 1. The van der Waals surface area contributed by atoms with Gasteiger partial charge in [0.25, 0.3) is 0 Å². The lowest BCUT2D eigenvalue weighted by molar-refractivity contribution is -0.121. The van der Waals surface area contributed by atoms with Crippen LogP contribution in [-0.2, 0) is 11.2 Å². The third kappa shape index (κ3) is 3.39. The molecule has 3 rings (SSSR count). The first kappa shape index (κ1) is 15.2. The van der Waals surface area contributed by atoms with Gasteiger partial charge >= 0.3 is 0 Å². The topological polar surface area (TPSA) is 56.8 Å². The van der Waals surface area contributed by atoms with E-state index in [2.05, 4.69) is 5.32 Å². The van der Waals surface area contributed by atoms with Crippen LogP contribution in [0, 0.1) is 5.92 Å². The van der Waals surface area contributed by atoms with Crippen LogP contribution in [0.3, 0.4) is 0 Å². The van der Waals surface area contributed by atoms with Gasteiger partial charge in [-0.3, -0.25) is 4.79 Å². The molecule has 1 aliphatic rings.